The Hall–Kier alpha value is -0.0000000000000000555. The van der Waals surface area contributed by atoms with E-state index in [2.05, 4.69) is 65.1 Å². The lowest BCUT2D eigenvalue weighted by atomic mass is 9.99. The van der Waals surface area contributed by atoms with Crippen LogP contribution in [-0.2, 0) is 13.0 Å². The molecule has 0 spiro atoms. The van der Waals surface area contributed by atoms with Gasteiger partial charge < -0.3 is 5.32 Å². The molecule has 0 radical (unpaired) electrons. The van der Waals surface area contributed by atoms with E-state index in [0.717, 1.165) is 18.7 Å². The van der Waals surface area contributed by atoms with Crippen LogP contribution in [0.25, 0.3) is 0 Å². The predicted octanol–water partition coefficient (Wildman–Crippen LogP) is 3.10. The maximum atomic E-state index is 4.56. The highest BCUT2D eigenvalue weighted by Crippen LogP contribution is 2.24. The molecular formula is C13H24BrN3S. The van der Waals surface area contributed by atoms with E-state index in [4.69, 9.17) is 0 Å². The Kier molecular flexibility index (Phi) is 6.74. The van der Waals surface area contributed by atoms with Gasteiger partial charge in [-0.1, -0.05) is 6.92 Å². The molecule has 0 aliphatic carbocycles. The number of halogens is 1. The molecule has 1 N–H and O–H groups in total. The Bertz CT molecular complexity index is 379. The first kappa shape index (κ1) is 16.1. The number of rotatable bonds is 7. The van der Waals surface area contributed by atoms with Crippen LogP contribution in [0.1, 0.15) is 25.2 Å². The number of thioether (sulfide) groups is 1. The number of nitrogens with zero attached hydrogens (tertiary/aromatic N) is 2. The van der Waals surface area contributed by atoms with Gasteiger partial charge in [0.2, 0.25) is 0 Å². The molecule has 1 heterocycles. The minimum atomic E-state index is 0.496. The normalized spacial score (nSPS) is 14.8. The maximum Gasteiger partial charge on any atom is 0.0738 e. The van der Waals surface area contributed by atoms with Crippen molar-refractivity contribution >= 4 is 27.7 Å². The number of hydrogen-bond donors (Lipinski definition) is 1. The summed E-state index contributed by atoms with van der Waals surface area (Å²) < 4.78 is 3.27. The minimum absolute atomic E-state index is 0.496. The molecule has 0 saturated carbocycles. The van der Waals surface area contributed by atoms with Gasteiger partial charge in [0, 0.05) is 19.0 Å². The molecule has 18 heavy (non-hydrogen) atoms. The zero-order valence-corrected chi connectivity index (χ0v) is 14.4. The molecule has 0 bridgehead atoms. The summed E-state index contributed by atoms with van der Waals surface area (Å²) in [7, 11) is 2.05. The van der Waals surface area contributed by atoms with Gasteiger partial charge in [0.25, 0.3) is 0 Å². The first-order valence-corrected chi connectivity index (χ1v) is 8.61. The quantitative estimate of drug-likeness (QED) is 0.831. The average Bonchev–Trinajstić information content (AvgIpc) is 2.62. The van der Waals surface area contributed by atoms with E-state index in [0.29, 0.717) is 12.0 Å². The van der Waals surface area contributed by atoms with Gasteiger partial charge in [0.15, 0.2) is 0 Å². The molecule has 0 aromatic carbocycles. The molecule has 3 nitrogen and oxygen atoms in total. The lowest BCUT2D eigenvalue weighted by molar-refractivity contribution is 0.417. The molecule has 1 rings (SSSR count). The monoisotopic (exact) mass is 333 g/mol. The van der Waals surface area contributed by atoms with Crippen molar-refractivity contribution in [2.45, 2.75) is 39.8 Å². The highest BCUT2D eigenvalue weighted by Gasteiger charge is 2.20. The van der Waals surface area contributed by atoms with E-state index in [1.165, 1.54) is 15.9 Å². The fourth-order valence-corrected chi connectivity index (χ4v) is 3.44. The molecule has 5 heteroatoms. The van der Waals surface area contributed by atoms with E-state index < -0.39 is 0 Å². The fraction of sp³-hybridized carbons (Fsp3) is 0.769. The number of aryl methyl sites for hydroxylation is 2. The van der Waals surface area contributed by atoms with E-state index in [1.54, 1.807) is 0 Å². The van der Waals surface area contributed by atoms with Crippen molar-refractivity contribution in [2.75, 3.05) is 19.1 Å². The number of aromatic nitrogens is 2. The lowest BCUT2D eigenvalue weighted by Gasteiger charge is -2.23. The van der Waals surface area contributed by atoms with Crippen LogP contribution in [-0.4, -0.2) is 34.9 Å². The highest BCUT2D eigenvalue weighted by atomic mass is 79.9. The van der Waals surface area contributed by atoms with Crippen molar-refractivity contribution in [3.8, 4) is 0 Å². The van der Waals surface area contributed by atoms with Crippen molar-refractivity contribution in [3.05, 3.63) is 15.9 Å². The van der Waals surface area contributed by atoms with Gasteiger partial charge in [-0.15, -0.1) is 0 Å². The van der Waals surface area contributed by atoms with Crippen LogP contribution in [0.3, 0.4) is 0 Å². The van der Waals surface area contributed by atoms with Crippen molar-refractivity contribution in [1.29, 1.82) is 0 Å². The molecule has 0 amide bonds. The Morgan fingerprint density at radius 2 is 2.17 bits per heavy atom. The van der Waals surface area contributed by atoms with Crippen LogP contribution in [0.15, 0.2) is 4.47 Å². The van der Waals surface area contributed by atoms with Gasteiger partial charge in [-0.05, 0) is 54.8 Å². The molecule has 0 aliphatic heterocycles. The third-order valence-corrected chi connectivity index (χ3v) is 5.24. The summed E-state index contributed by atoms with van der Waals surface area (Å²) in [6.45, 7) is 7.43. The van der Waals surface area contributed by atoms with Gasteiger partial charge >= 0.3 is 0 Å². The SMILES string of the molecule is CCn1nc(C)c(Br)c1CC(NC)C(C)CSC. The van der Waals surface area contributed by atoms with E-state index in [1.807, 2.05) is 11.8 Å². The first-order chi connectivity index (χ1) is 8.54. The van der Waals surface area contributed by atoms with Crippen LogP contribution >= 0.6 is 27.7 Å². The average molecular weight is 334 g/mol. The molecule has 0 fully saturated rings. The molecule has 104 valence electrons. The van der Waals surface area contributed by atoms with Crippen molar-refractivity contribution < 1.29 is 0 Å². The second-order valence-corrected chi connectivity index (χ2v) is 6.40. The second-order valence-electron chi connectivity index (χ2n) is 4.69. The summed E-state index contributed by atoms with van der Waals surface area (Å²) in [5.74, 6) is 1.83. The number of nitrogens with one attached hydrogen (secondary N) is 1. The standard InChI is InChI=1S/C13H24BrN3S/c1-6-17-12(13(14)10(3)16-17)7-11(15-4)9(2)8-18-5/h9,11,15H,6-8H2,1-5H3. The molecule has 0 saturated heterocycles. The fourth-order valence-electron chi connectivity index (χ4n) is 2.24. The summed E-state index contributed by atoms with van der Waals surface area (Å²) in [6.07, 6.45) is 3.19. The van der Waals surface area contributed by atoms with Gasteiger partial charge in [0.1, 0.15) is 0 Å². The molecule has 2 atom stereocenters. The Balaban J connectivity index is 2.87. The summed E-state index contributed by atoms with van der Waals surface area (Å²) in [5, 5.41) is 8.01. The van der Waals surface area contributed by atoms with Crippen LogP contribution in [0.2, 0.25) is 0 Å². The van der Waals surface area contributed by atoms with E-state index in [-0.39, 0.29) is 0 Å². The van der Waals surface area contributed by atoms with Gasteiger partial charge in [0.05, 0.1) is 15.9 Å². The predicted molar refractivity (Wildman–Crippen MR) is 84.4 cm³/mol. The zero-order chi connectivity index (χ0) is 13.7. The smallest absolute Gasteiger partial charge is 0.0738 e. The van der Waals surface area contributed by atoms with Gasteiger partial charge in [-0.3, -0.25) is 4.68 Å². The van der Waals surface area contributed by atoms with Crippen LogP contribution in [0.5, 0.6) is 0 Å². The lowest BCUT2D eigenvalue weighted by Crippen LogP contribution is -2.36. The summed E-state index contributed by atoms with van der Waals surface area (Å²) in [4.78, 5) is 0. The molecule has 1 aromatic rings. The third kappa shape index (κ3) is 3.75. The van der Waals surface area contributed by atoms with Gasteiger partial charge in [-0.2, -0.15) is 16.9 Å². The first-order valence-electron chi connectivity index (χ1n) is 6.43. The maximum absolute atomic E-state index is 4.56. The number of hydrogen-bond acceptors (Lipinski definition) is 3. The van der Waals surface area contributed by atoms with Crippen LogP contribution < -0.4 is 5.32 Å². The Morgan fingerprint density at radius 1 is 1.50 bits per heavy atom. The van der Waals surface area contributed by atoms with Gasteiger partial charge in [-0.25, -0.2) is 0 Å². The van der Waals surface area contributed by atoms with Crippen LogP contribution in [0.4, 0.5) is 0 Å². The minimum Gasteiger partial charge on any atom is -0.316 e. The summed E-state index contributed by atoms with van der Waals surface area (Å²) in [6, 6.07) is 0.496. The van der Waals surface area contributed by atoms with Crippen molar-refractivity contribution in [3.63, 3.8) is 0 Å². The van der Waals surface area contributed by atoms with Crippen molar-refractivity contribution in [2.24, 2.45) is 5.92 Å². The second kappa shape index (κ2) is 7.56. The Morgan fingerprint density at radius 3 is 2.67 bits per heavy atom. The molecule has 0 aliphatic rings. The largest absolute Gasteiger partial charge is 0.316 e. The highest BCUT2D eigenvalue weighted by molar-refractivity contribution is 9.10. The summed E-state index contributed by atoms with van der Waals surface area (Å²) >= 11 is 5.58. The van der Waals surface area contributed by atoms with Crippen LogP contribution in [0, 0.1) is 12.8 Å². The van der Waals surface area contributed by atoms with Crippen molar-refractivity contribution in [1.82, 2.24) is 15.1 Å². The number of likely N-dealkylation sites (N-methyl/N-ethyl adjacent to an activating group) is 1. The summed E-state index contributed by atoms with van der Waals surface area (Å²) in [5.41, 5.74) is 2.39. The third-order valence-electron chi connectivity index (χ3n) is 3.35. The van der Waals surface area contributed by atoms with E-state index in [9.17, 15) is 0 Å². The zero-order valence-electron chi connectivity index (χ0n) is 12.0. The topological polar surface area (TPSA) is 29.9 Å². The Labute approximate surface area is 123 Å². The van der Waals surface area contributed by atoms with E-state index >= 15 is 0 Å². The molecular weight excluding hydrogens is 310 g/mol. The molecule has 1 aromatic heterocycles. The molecule has 2 unspecified atom stereocenters.